The van der Waals surface area contributed by atoms with E-state index in [0.717, 1.165) is 25.2 Å². The van der Waals surface area contributed by atoms with Crippen molar-refractivity contribution < 1.29 is 19.1 Å². The molecule has 2 heterocycles. The molecule has 0 spiro atoms. The van der Waals surface area contributed by atoms with Crippen LogP contribution in [0.15, 0.2) is 36.4 Å². The summed E-state index contributed by atoms with van der Waals surface area (Å²) in [5.41, 5.74) is 0.683. The Bertz CT molecular complexity index is 717. The van der Waals surface area contributed by atoms with Gasteiger partial charge in [0, 0.05) is 12.3 Å². The number of ether oxygens (including phenoxy) is 2. The van der Waals surface area contributed by atoms with E-state index in [1.54, 1.807) is 24.3 Å². The fourth-order valence-corrected chi connectivity index (χ4v) is 3.24. The Kier molecular flexibility index (Phi) is 5.27. The number of hydrogen-bond acceptors (Lipinski definition) is 5. The maximum Gasteiger partial charge on any atom is 0.265 e. The minimum atomic E-state index is -0.222. The molecule has 1 aliphatic rings. The normalized spacial score (nSPS) is 16.8. The molecular weight excluding hydrogens is 326 g/mol. The number of Topliss-reactive ketones (excluding diaryl/α,β-unsaturated/α-hetero) is 1. The summed E-state index contributed by atoms with van der Waals surface area (Å²) in [6, 6.07) is 10.6. The van der Waals surface area contributed by atoms with Crippen LogP contribution in [0.3, 0.4) is 0 Å². The van der Waals surface area contributed by atoms with Crippen molar-refractivity contribution >= 4 is 28.7 Å². The first-order chi connectivity index (χ1) is 11.6. The second-order valence-corrected chi connectivity index (χ2v) is 6.73. The lowest BCUT2D eigenvalue weighted by Gasteiger charge is -2.12. The van der Waals surface area contributed by atoms with Crippen LogP contribution in [0.2, 0.25) is 0 Å². The molecule has 1 saturated heterocycles. The molecule has 5 nitrogen and oxygen atoms in total. The Balaban J connectivity index is 1.54. The number of ketones is 1. The molecule has 0 radical (unpaired) electrons. The third kappa shape index (κ3) is 4.21. The van der Waals surface area contributed by atoms with Gasteiger partial charge >= 0.3 is 0 Å². The summed E-state index contributed by atoms with van der Waals surface area (Å²) in [4.78, 5) is 24.6. The van der Waals surface area contributed by atoms with Crippen molar-refractivity contribution in [1.29, 1.82) is 0 Å². The highest BCUT2D eigenvalue weighted by molar-refractivity contribution is 7.16. The van der Waals surface area contributed by atoms with Crippen LogP contribution in [-0.2, 0) is 4.74 Å². The van der Waals surface area contributed by atoms with Crippen LogP contribution >= 0.6 is 11.3 Å². The van der Waals surface area contributed by atoms with Crippen LogP contribution in [0.4, 0.5) is 5.69 Å². The van der Waals surface area contributed by atoms with Crippen LogP contribution in [0.1, 0.15) is 39.1 Å². The second-order valence-electron chi connectivity index (χ2n) is 5.64. The van der Waals surface area contributed by atoms with Crippen LogP contribution in [0, 0.1) is 0 Å². The lowest BCUT2D eigenvalue weighted by molar-refractivity contribution is 0.0679. The molecular formula is C18H19NO4S. The molecule has 1 unspecified atom stereocenters. The Morgan fingerprint density at radius 3 is 2.58 bits per heavy atom. The van der Waals surface area contributed by atoms with E-state index >= 15 is 0 Å². The summed E-state index contributed by atoms with van der Waals surface area (Å²) in [5.74, 6) is 0.491. The van der Waals surface area contributed by atoms with E-state index in [-0.39, 0.29) is 17.8 Å². The molecule has 6 heteroatoms. The number of rotatable bonds is 6. The molecule has 1 aromatic carbocycles. The smallest absolute Gasteiger partial charge is 0.265 e. The fourth-order valence-electron chi connectivity index (χ4n) is 2.44. The van der Waals surface area contributed by atoms with Gasteiger partial charge in [-0.1, -0.05) is 0 Å². The minimum Gasteiger partial charge on any atom is -0.491 e. The number of benzene rings is 1. The first-order valence-corrected chi connectivity index (χ1v) is 8.70. The molecule has 126 valence electrons. The van der Waals surface area contributed by atoms with Gasteiger partial charge < -0.3 is 14.8 Å². The number of thiophene rings is 1. The maximum absolute atomic E-state index is 12.2. The van der Waals surface area contributed by atoms with Crippen molar-refractivity contribution in [3.05, 3.63) is 46.2 Å². The maximum atomic E-state index is 12.2. The van der Waals surface area contributed by atoms with E-state index in [2.05, 4.69) is 5.32 Å². The highest BCUT2D eigenvalue weighted by Crippen LogP contribution is 2.21. The molecule has 1 aliphatic heterocycles. The van der Waals surface area contributed by atoms with E-state index in [4.69, 9.17) is 9.47 Å². The molecule has 2 aromatic rings. The van der Waals surface area contributed by atoms with E-state index < -0.39 is 0 Å². The van der Waals surface area contributed by atoms with Crippen molar-refractivity contribution in [2.45, 2.75) is 25.9 Å². The van der Waals surface area contributed by atoms with Gasteiger partial charge in [-0.2, -0.15) is 0 Å². The van der Waals surface area contributed by atoms with Crippen molar-refractivity contribution in [2.75, 3.05) is 18.5 Å². The summed E-state index contributed by atoms with van der Waals surface area (Å²) in [6.45, 7) is 2.85. The summed E-state index contributed by atoms with van der Waals surface area (Å²) in [7, 11) is 0. The summed E-state index contributed by atoms with van der Waals surface area (Å²) in [5, 5.41) is 2.81. The molecule has 1 aromatic heterocycles. The number of hydrogen-bond donors (Lipinski definition) is 1. The Hall–Kier alpha value is -2.18. The molecule has 0 aliphatic carbocycles. The number of amides is 1. The van der Waals surface area contributed by atoms with Gasteiger partial charge in [0.15, 0.2) is 5.78 Å². The Morgan fingerprint density at radius 1 is 1.21 bits per heavy atom. The van der Waals surface area contributed by atoms with Gasteiger partial charge in [0.1, 0.15) is 12.4 Å². The third-order valence-corrected chi connectivity index (χ3v) is 4.93. The Labute approximate surface area is 144 Å². The third-order valence-electron chi connectivity index (χ3n) is 3.75. The van der Waals surface area contributed by atoms with E-state index in [9.17, 15) is 9.59 Å². The number of carbonyl (C=O) groups excluding carboxylic acids is 2. The predicted octanol–water partition coefficient (Wildman–Crippen LogP) is 3.76. The molecule has 0 saturated carbocycles. The van der Waals surface area contributed by atoms with Crippen molar-refractivity contribution in [3.8, 4) is 5.75 Å². The van der Waals surface area contributed by atoms with E-state index in [1.165, 1.54) is 18.3 Å². The van der Waals surface area contributed by atoms with Crippen molar-refractivity contribution in [3.63, 3.8) is 0 Å². The number of carbonyl (C=O) groups is 2. The zero-order chi connectivity index (χ0) is 16.9. The molecule has 1 atom stereocenters. The van der Waals surface area contributed by atoms with Gasteiger partial charge in [-0.3, -0.25) is 9.59 Å². The first kappa shape index (κ1) is 16.7. The quantitative estimate of drug-likeness (QED) is 0.810. The van der Waals surface area contributed by atoms with Gasteiger partial charge in [-0.25, -0.2) is 0 Å². The largest absolute Gasteiger partial charge is 0.491 e. The molecule has 1 fully saturated rings. The van der Waals surface area contributed by atoms with Crippen LogP contribution in [-0.4, -0.2) is 31.0 Å². The first-order valence-electron chi connectivity index (χ1n) is 7.88. The summed E-state index contributed by atoms with van der Waals surface area (Å²) in [6.07, 6.45) is 2.31. The molecule has 1 N–H and O–H groups in total. The SMILES string of the molecule is CC(=O)c1ccc(C(=O)Nc2ccc(OCC3CCCO3)cc2)s1. The molecule has 0 bridgehead atoms. The predicted molar refractivity (Wildman–Crippen MR) is 93.2 cm³/mol. The highest BCUT2D eigenvalue weighted by atomic mass is 32.1. The second kappa shape index (κ2) is 7.59. The average Bonchev–Trinajstić information content (AvgIpc) is 3.26. The average molecular weight is 345 g/mol. The van der Waals surface area contributed by atoms with Crippen LogP contribution < -0.4 is 10.1 Å². The minimum absolute atomic E-state index is 0.0354. The lowest BCUT2D eigenvalue weighted by Crippen LogP contribution is -2.16. The van der Waals surface area contributed by atoms with Crippen LogP contribution in [0.25, 0.3) is 0 Å². The van der Waals surface area contributed by atoms with Gasteiger partial charge in [-0.15, -0.1) is 11.3 Å². The zero-order valence-corrected chi connectivity index (χ0v) is 14.2. The van der Waals surface area contributed by atoms with Gasteiger partial charge in [-0.05, 0) is 56.2 Å². The number of anilines is 1. The zero-order valence-electron chi connectivity index (χ0n) is 13.4. The summed E-state index contributed by atoms with van der Waals surface area (Å²) >= 11 is 1.19. The van der Waals surface area contributed by atoms with Crippen LogP contribution in [0.5, 0.6) is 5.75 Å². The molecule has 1 amide bonds. The number of nitrogens with one attached hydrogen (secondary N) is 1. The van der Waals surface area contributed by atoms with Gasteiger partial charge in [0.2, 0.25) is 0 Å². The monoisotopic (exact) mass is 345 g/mol. The topological polar surface area (TPSA) is 64.6 Å². The van der Waals surface area contributed by atoms with Crippen molar-refractivity contribution in [1.82, 2.24) is 0 Å². The highest BCUT2D eigenvalue weighted by Gasteiger charge is 2.16. The Morgan fingerprint density at radius 2 is 1.96 bits per heavy atom. The van der Waals surface area contributed by atoms with Gasteiger partial charge in [0.05, 0.1) is 15.9 Å². The van der Waals surface area contributed by atoms with Crippen molar-refractivity contribution in [2.24, 2.45) is 0 Å². The fraction of sp³-hybridized carbons (Fsp3) is 0.333. The molecule has 3 rings (SSSR count). The van der Waals surface area contributed by atoms with Gasteiger partial charge in [0.25, 0.3) is 5.91 Å². The standard InChI is InChI=1S/C18H19NO4S/c1-12(20)16-8-9-17(24-16)18(21)19-13-4-6-14(7-5-13)23-11-15-3-2-10-22-15/h4-9,15H,2-3,10-11H2,1H3,(H,19,21). The lowest BCUT2D eigenvalue weighted by atomic mass is 10.2. The van der Waals surface area contributed by atoms with E-state index in [0.29, 0.717) is 22.0 Å². The summed E-state index contributed by atoms with van der Waals surface area (Å²) < 4.78 is 11.2. The van der Waals surface area contributed by atoms with E-state index in [1.807, 2.05) is 12.1 Å². The molecule has 24 heavy (non-hydrogen) atoms.